The summed E-state index contributed by atoms with van der Waals surface area (Å²) in [6, 6.07) is 4.39. The maximum absolute atomic E-state index is 14.0. The van der Waals surface area contributed by atoms with Crippen molar-refractivity contribution in [1.29, 1.82) is 0 Å². The van der Waals surface area contributed by atoms with E-state index in [1.54, 1.807) is 13.0 Å². The van der Waals surface area contributed by atoms with Crippen molar-refractivity contribution in [3.8, 4) is 0 Å². The van der Waals surface area contributed by atoms with E-state index in [-0.39, 0.29) is 5.56 Å². The first kappa shape index (κ1) is 14.4. The second kappa shape index (κ2) is 5.57. The van der Waals surface area contributed by atoms with Gasteiger partial charge in [-0.25, -0.2) is 8.78 Å². The van der Waals surface area contributed by atoms with Gasteiger partial charge in [-0.2, -0.15) is 0 Å². The molecule has 96 valence electrons. The third-order valence-electron chi connectivity index (χ3n) is 2.53. The van der Waals surface area contributed by atoms with Gasteiger partial charge in [0.05, 0.1) is 12.9 Å². The Labute approximate surface area is 129 Å². The molecule has 0 N–H and O–H groups in total. The number of rotatable bonds is 2. The van der Waals surface area contributed by atoms with E-state index in [1.807, 2.05) is 0 Å². The van der Waals surface area contributed by atoms with E-state index in [4.69, 9.17) is 11.6 Å². The van der Waals surface area contributed by atoms with Crippen LogP contribution in [0.5, 0.6) is 0 Å². The van der Waals surface area contributed by atoms with E-state index in [9.17, 15) is 8.78 Å². The van der Waals surface area contributed by atoms with Gasteiger partial charge < -0.3 is 0 Å². The largest absolute Gasteiger partial charge is 0.207 e. The third kappa shape index (κ3) is 2.64. The molecule has 1 heterocycles. The van der Waals surface area contributed by atoms with Crippen LogP contribution >= 0.6 is 54.8 Å². The number of aryl methyl sites for hydroxylation is 1. The SMILES string of the molecule is Cc1ccc(F)c(C(Cl)c2cc(Br)sc2Br)c1F. The molecule has 2 aromatic rings. The van der Waals surface area contributed by atoms with Gasteiger partial charge in [0.2, 0.25) is 0 Å². The first-order valence-corrected chi connectivity index (χ1v) is 7.79. The Bertz CT molecular complexity index is 598. The summed E-state index contributed by atoms with van der Waals surface area (Å²) in [5.74, 6) is -1.23. The Kier molecular flexibility index (Phi) is 4.47. The first-order valence-electron chi connectivity index (χ1n) is 4.95. The van der Waals surface area contributed by atoms with Crippen LogP contribution in [-0.4, -0.2) is 0 Å². The highest BCUT2D eigenvalue weighted by atomic mass is 79.9. The van der Waals surface area contributed by atoms with Crippen LogP contribution in [-0.2, 0) is 0 Å². The lowest BCUT2D eigenvalue weighted by atomic mass is 10.0. The highest BCUT2D eigenvalue weighted by Crippen LogP contribution is 2.42. The van der Waals surface area contributed by atoms with Crippen LogP contribution in [0, 0.1) is 18.6 Å². The number of halogens is 5. The second-order valence-electron chi connectivity index (χ2n) is 3.73. The third-order valence-corrected chi connectivity index (χ3v) is 5.37. The summed E-state index contributed by atoms with van der Waals surface area (Å²) in [6.07, 6.45) is 0. The zero-order chi connectivity index (χ0) is 13.4. The van der Waals surface area contributed by atoms with Crippen molar-refractivity contribution in [2.24, 2.45) is 0 Å². The van der Waals surface area contributed by atoms with Gasteiger partial charge in [-0.05, 0) is 56.5 Å². The summed E-state index contributed by atoms with van der Waals surface area (Å²) in [7, 11) is 0. The van der Waals surface area contributed by atoms with Crippen LogP contribution in [0.3, 0.4) is 0 Å². The van der Waals surface area contributed by atoms with E-state index >= 15 is 0 Å². The van der Waals surface area contributed by atoms with Crippen molar-refractivity contribution in [2.75, 3.05) is 0 Å². The number of hydrogen-bond acceptors (Lipinski definition) is 1. The van der Waals surface area contributed by atoms with Crippen LogP contribution < -0.4 is 0 Å². The molecule has 0 bridgehead atoms. The smallest absolute Gasteiger partial charge is 0.134 e. The molecular weight excluding hydrogens is 409 g/mol. The fraction of sp³-hybridized carbons (Fsp3) is 0.167. The van der Waals surface area contributed by atoms with Crippen molar-refractivity contribution >= 4 is 54.8 Å². The summed E-state index contributed by atoms with van der Waals surface area (Å²) in [5, 5.41) is -0.859. The molecule has 1 aromatic heterocycles. The van der Waals surface area contributed by atoms with E-state index < -0.39 is 17.0 Å². The molecule has 1 aromatic carbocycles. The van der Waals surface area contributed by atoms with Crippen LogP contribution in [0.15, 0.2) is 25.8 Å². The highest BCUT2D eigenvalue weighted by Gasteiger charge is 2.24. The summed E-state index contributed by atoms with van der Waals surface area (Å²) in [5.41, 5.74) is 0.919. The lowest BCUT2D eigenvalue weighted by molar-refractivity contribution is 0.553. The predicted octanol–water partition coefficient (Wildman–Crippen LogP) is 6.19. The summed E-state index contributed by atoms with van der Waals surface area (Å²) in [4.78, 5) is 0. The Morgan fingerprint density at radius 1 is 1.28 bits per heavy atom. The average molecular weight is 417 g/mol. The summed E-state index contributed by atoms with van der Waals surface area (Å²) in [6.45, 7) is 1.58. The number of hydrogen-bond donors (Lipinski definition) is 0. The van der Waals surface area contributed by atoms with Crippen molar-refractivity contribution < 1.29 is 8.78 Å². The molecule has 18 heavy (non-hydrogen) atoms. The minimum atomic E-state index is -0.859. The standard InChI is InChI=1S/C12H7Br2ClF2S/c1-5-2-3-7(16)9(11(5)17)10(15)6-4-8(13)18-12(6)14/h2-4,10H,1H3. The number of thiophene rings is 1. The molecule has 0 spiro atoms. The Morgan fingerprint density at radius 3 is 2.50 bits per heavy atom. The van der Waals surface area contributed by atoms with Crippen molar-refractivity contribution in [1.82, 2.24) is 0 Å². The number of benzene rings is 1. The van der Waals surface area contributed by atoms with Gasteiger partial charge in [-0.1, -0.05) is 6.07 Å². The minimum absolute atomic E-state index is 0.109. The average Bonchev–Trinajstić information content (AvgIpc) is 2.63. The molecule has 0 radical (unpaired) electrons. The van der Waals surface area contributed by atoms with Crippen LogP contribution in [0.4, 0.5) is 8.78 Å². The van der Waals surface area contributed by atoms with Gasteiger partial charge >= 0.3 is 0 Å². The normalized spacial score (nSPS) is 12.8. The Hall–Kier alpha value is 0.0300. The molecule has 2 rings (SSSR count). The van der Waals surface area contributed by atoms with Crippen molar-refractivity contribution in [2.45, 2.75) is 12.3 Å². The zero-order valence-corrected chi connectivity index (χ0v) is 13.9. The molecule has 0 nitrogen and oxygen atoms in total. The Balaban J connectivity index is 2.56. The molecule has 1 unspecified atom stereocenters. The lowest BCUT2D eigenvalue weighted by Crippen LogP contribution is -2.02. The quantitative estimate of drug-likeness (QED) is 0.512. The lowest BCUT2D eigenvalue weighted by Gasteiger charge is -2.13. The van der Waals surface area contributed by atoms with Gasteiger partial charge in [0, 0.05) is 11.1 Å². The molecule has 0 aliphatic rings. The fourth-order valence-corrected chi connectivity index (χ4v) is 5.06. The topological polar surface area (TPSA) is 0 Å². The fourth-order valence-electron chi connectivity index (χ4n) is 1.59. The molecule has 0 saturated carbocycles. The van der Waals surface area contributed by atoms with Gasteiger partial charge in [0.15, 0.2) is 0 Å². The van der Waals surface area contributed by atoms with E-state index in [0.29, 0.717) is 11.1 Å². The van der Waals surface area contributed by atoms with Gasteiger partial charge in [0.1, 0.15) is 11.6 Å². The van der Waals surface area contributed by atoms with Crippen molar-refractivity contribution in [3.63, 3.8) is 0 Å². The van der Waals surface area contributed by atoms with Gasteiger partial charge in [-0.15, -0.1) is 22.9 Å². The summed E-state index contributed by atoms with van der Waals surface area (Å²) >= 11 is 14.3. The molecule has 0 amide bonds. The van der Waals surface area contributed by atoms with Crippen molar-refractivity contribution in [3.05, 3.63) is 54.1 Å². The first-order chi connectivity index (χ1) is 8.41. The molecule has 0 fully saturated rings. The molecular formula is C12H7Br2ClF2S. The number of alkyl halides is 1. The monoisotopic (exact) mass is 414 g/mol. The van der Waals surface area contributed by atoms with E-state index in [2.05, 4.69) is 31.9 Å². The van der Waals surface area contributed by atoms with Gasteiger partial charge in [0.25, 0.3) is 0 Å². The minimum Gasteiger partial charge on any atom is -0.207 e. The Morgan fingerprint density at radius 2 is 1.94 bits per heavy atom. The van der Waals surface area contributed by atoms with Gasteiger partial charge in [-0.3, -0.25) is 0 Å². The predicted molar refractivity (Wildman–Crippen MR) is 78.5 cm³/mol. The molecule has 0 saturated heterocycles. The molecule has 1 atom stereocenters. The zero-order valence-electron chi connectivity index (χ0n) is 9.11. The molecule has 0 aliphatic carbocycles. The highest BCUT2D eigenvalue weighted by molar-refractivity contribution is 9.12. The maximum atomic E-state index is 14.0. The van der Waals surface area contributed by atoms with Crippen LogP contribution in [0.2, 0.25) is 0 Å². The van der Waals surface area contributed by atoms with Crippen LogP contribution in [0.1, 0.15) is 22.1 Å². The van der Waals surface area contributed by atoms with Crippen LogP contribution in [0.25, 0.3) is 0 Å². The molecule has 6 heteroatoms. The second-order valence-corrected chi connectivity index (χ2v) is 7.92. The van der Waals surface area contributed by atoms with E-state index in [0.717, 1.165) is 7.57 Å². The summed E-state index contributed by atoms with van der Waals surface area (Å²) < 4.78 is 29.4. The maximum Gasteiger partial charge on any atom is 0.134 e. The molecule has 0 aliphatic heterocycles. The van der Waals surface area contributed by atoms with E-state index in [1.165, 1.54) is 23.5 Å².